The predicted octanol–water partition coefficient (Wildman–Crippen LogP) is 2.24. The van der Waals surface area contributed by atoms with Gasteiger partial charge in [-0.25, -0.2) is 0 Å². The van der Waals surface area contributed by atoms with Crippen molar-refractivity contribution in [2.45, 2.75) is 0 Å². The van der Waals surface area contributed by atoms with Gasteiger partial charge >= 0.3 is 6.01 Å². The van der Waals surface area contributed by atoms with E-state index in [-0.39, 0.29) is 24.8 Å². The fourth-order valence-corrected chi connectivity index (χ4v) is 3.05. The number of rotatable bonds is 2. The smallest absolute Gasteiger partial charge is 0.318 e. The standard InChI is InChI=1S/C14H16N4O.2ClH/c1-2-4-10(5-3-1)13-16-17-14(19-13)18-8-11-6-15-7-12(11)9-18;;/h1-5,11-12,15H,6-9H2;2*1H. The molecule has 114 valence electrons. The SMILES string of the molecule is Cl.Cl.c1ccc(-c2nnc(N3CC4CNCC4C3)o2)cc1. The molecule has 2 fully saturated rings. The summed E-state index contributed by atoms with van der Waals surface area (Å²) in [5.74, 6) is 2.06. The van der Waals surface area contributed by atoms with Crippen LogP contribution in [0.25, 0.3) is 11.5 Å². The Kier molecular flexibility index (Phi) is 5.08. The molecule has 2 saturated heterocycles. The van der Waals surface area contributed by atoms with Crippen LogP contribution in [0, 0.1) is 11.8 Å². The van der Waals surface area contributed by atoms with Crippen LogP contribution in [0.15, 0.2) is 34.7 Å². The van der Waals surface area contributed by atoms with Crippen molar-refractivity contribution in [3.8, 4) is 11.5 Å². The highest BCUT2D eigenvalue weighted by atomic mass is 35.5. The van der Waals surface area contributed by atoms with Gasteiger partial charge in [0.05, 0.1) is 0 Å². The third-order valence-electron chi connectivity index (χ3n) is 4.10. The molecule has 1 N–H and O–H groups in total. The van der Waals surface area contributed by atoms with Crippen LogP contribution < -0.4 is 10.2 Å². The summed E-state index contributed by atoms with van der Waals surface area (Å²) in [6.07, 6.45) is 0. The Morgan fingerprint density at radius 1 is 1.00 bits per heavy atom. The number of nitrogens with zero attached hydrogens (tertiary/aromatic N) is 3. The van der Waals surface area contributed by atoms with Crippen LogP contribution in [0.5, 0.6) is 0 Å². The van der Waals surface area contributed by atoms with Gasteiger partial charge in [-0.1, -0.05) is 23.3 Å². The Hall–Kier alpha value is -1.30. The number of hydrogen-bond acceptors (Lipinski definition) is 5. The summed E-state index contributed by atoms with van der Waals surface area (Å²) in [5, 5.41) is 11.8. The van der Waals surface area contributed by atoms with Gasteiger partial charge in [0.1, 0.15) is 0 Å². The molecule has 0 aliphatic carbocycles. The zero-order valence-corrected chi connectivity index (χ0v) is 13.1. The van der Waals surface area contributed by atoms with Crippen LogP contribution in [0.1, 0.15) is 0 Å². The van der Waals surface area contributed by atoms with E-state index in [1.165, 1.54) is 0 Å². The van der Waals surface area contributed by atoms with Gasteiger partial charge in [-0.2, -0.15) is 0 Å². The van der Waals surface area contributed by atoms with Crippen LogP contribution in [0.4, 0.5) is 6.01 Å². The lowest BCUT2D eigenvalue weighted by molar-refractivity contribution is 0.533. The van der Waals surface area contributed by atoms with E-state index < -0.39 is 0 Å². The minimum Gasteiger partial charge on any atom is -0.403 e. The topological polar surface area (TPSA) is 54.2 Å². The summed E-state index contributed by atoms with van der Waals surface area (Å²) in [6, 6.07) is 10.6. The maximum absolute atomic E-state index is 5.80. The molecule has 0 saturated carbocycles. The predicted molar refractivity (Wildman–Crippen MR) is 86.3 cm³/mol. The monoisotopic (exact) mass is 328 g/mol. The van der Waals surface area contributed by atoms with Crippen molar-refractivity contribution in [2.75, 3.05) is 31.1 Å². The first kappa shape index (κ1) is 16.1. The molecule has 0 amide bonds. The van der Waals surface area contributed by atoms with Gasteiger partial charge in [-0.05, 0) is 24.0 Å². The van der Waals surface area contributed by atoms with Crippen molar-refractivity contribution < 1.29 is 4.42 Å². The summed E-state index contributed by atoms with van der Waals surface area (Å²) in [7, 11) is 0. The third kappa shape index (κ3) is 3.00. The lowest BCUT2D eigenvalue weighted by atomic mass is 10.0. The van der Waals surface area contributed by atoms with Gasteiger partial charge in [-0.15, -0.1) is 29.9 Å². The lowest BCUT2D eigenvalue weighted by Gasteiger charge is -2.13. The zero-order chi connectivity index (χ0) is 12.7. The Bertz CT molecular complexity index is 565. The molecule has 0 bridgehead atoms. The molecule has 7 heteroatoms. The van der Waals surface area contributed by atoms with E-state index in [4.69, 9.17) is 4.42 Å². The van der Waals surface area contributed by atoms with Crippen molar-refractivity contribution in [1.82, 2.24) is 15.5 Å². The second kappa shape index (κ2) is 6.64. The molecule has 1 aromatic carbocycles. The lowest BCUT2D eigenvalue weighted by Crippen LogP contribution is -2.25. The Morgan fingerprint density at radius 3 is 2.33 bits per heavy atom. The molecule has 0 spiro atoms. The van der Waals surface area contributed by atoms with E-state index in [0.29, 0.717) is 11.9 Å². The molecular formula is C14H18Cl2N4O. The van der Waals surface area contributed by atoms with Crippen LogP contribution in [-0.4, -0.2) is 36.4 Å². The largest absolute Gasteiger partial charge is 0.403 e. The second-order valence-corrected chi connectivity index (χ2v) is 5.34. The number of benzene rings is 1. The molecule has 4 rings (SSSR count). The van der Waals surface area contributed by atoms with E-state index >= 15 is 0 Å². The molecule has 2 aliphatic rings. The van der Waals surface area contributed by atoms with E-state index in [1.54, 1.807) is 0 Å². The van der Waals surface area contributed by atoms with E-state index in [9.17, 15) is 0 Å². The van der Waals surface area contributed by atoms with Crippen LogP contribution in [0.2, 0.25) is 0 Å². The number of anilines is 1. The average molecular weight is 329 g/mol. The molecule has 2 atom stereocenters. The maximum atomic E-state index is 5.80. The number of nitrogens with one attached hydrogen (secondary N) is 1. The average Bonchev–Trinajstić information content (AvgIpc) is 3.14. The molecule has 21 heavy (non-hydrogen) atoms. The first-order chi connectivity index (χ1) is 9.40. The fourth-order valence-electron chi connectivity index (χ4n) is 3.05. The maximum Gasteiger partial charge on any atom is 0.318 e. The van der Waals surface area contributed by atoms with Crippen molar-refractivity contribution in [1.29, 1.82) is 0 Å². The molecule has 1 aromatic heterocycles. The quantitative estimate of drug-likeness (QED) is 0.916. The van der Waals surface area contributed by atoms with Crippen LogP contribution >= 0.6 is 24.8 Å². The molecule has 2 aliphatic heterocycles. The highest BCUT2D eigenvalue weighted by molar-refractivity contribution is 5.85. The highest BCUT2D eigenvalue weighted by Gasteiger charge is 2.37. The summed E-state index contributed by atoms with van der Waals surface area (Å²) in [4.78, 5) is 2.22. The van der Waals surface area contributed by atoms with Gasteiger partial charge in [0.15, 0.2) is 0 Å². The van der Waals surface area contributed by atoms with E-state index in [1.807, 2.05) is 30.3 Å². The van der Waals surface area contributed by atoms with Crippen LogP contribution in [0.3, 0.4) is 0 Å². The van der Waals surface area contributed by atoms with Crippen molar-refractivity contribution in [3.05, 3.63) is 30.3 Å². The van der Waals surface area contributed by atoms with Crippen molar-refractivity contribution in [3.63, 3.8) is 0 Å². The fraction of sp³-hybridized carbons (Fsp3) is 0.429. The second-order valence-electron chi connectivity index (χ2n) is 5.34. The summed E-state index contributed by atoms with van der Waals surface area (Å²) >= 11 is 0. The Balaban J connectivity index is 0.000000807. The van der Waals surface area contributed by atoms with Gasteiger partial charge in [-0.3, -0.25) is 0 Å². The summed E-state index contributed by atoms with van der Waals surface area (Å²) in [5.41, 5.74) is 0.974. The first-order valence-electron chi connectivity index (χ1n) is 6.75. The number of halogens is 2. The van der Waals surface area contributed by atoms with Gasteiger partial charge in [0.25, 0.3) is 0 Å². The Morgan fingerprint density at radius 2 is 1.67 bits per heavy atom. The number of hydrogen-bond donors (Lipinski definition) is 1. The minimum atomic E-state index is 0. The molecule has 2 unspecified atom stereocenters. The molecule has 3 heterocycles. The first-order valence-corrected chi connectivity index (χ1v) is 6.75. The van der Waals surface area contributed by atoms with Crippen molar-refractivity contribution >= 4 is 30.8 Å². The van der Waals surface area contributed by atoms with E-state index in [0.717, 1.165) is 43.6 Å². The summed E-state index contributed by atoms with van der Waals surface area (Å²) in [6.45, 7) is 4.27. The molecule has 0 radical (unpaired) electrons. The van der Waals surface area contributed by atoms with Crippen molar-refractivity contribution in [2.24, 2.45) is 11.8 Å². The molecular weight excluding hydrogens is 311 g/mol. The molecule has 2 aromatic rings. The van der Waals surface area contributed by atoms with Crippen LogP contribution in [-0.2, 0) is 0 Å². The zero-order valence-electron chi connectivity index (χ0n) is 11.4. The Labute approximate surface area is 135 Å². The van der Waals surface area contributed by atoms with E-state index in [2.05, 4.69) is 20.4 Å². The third-order valence-corrected chi connectivity index (χ3v) is 4.10. The summed E-state index contributed by atoms with van der Waals surface area (Å²) < 4.78 is 5.80. The number of fused-ring (bicyclic) bond motifs is 1. The number of aromatic nitrogens is 2. The highest BCUT2D eigenvalue weighted by Crippen LogP contribution is 2.31. The minimum absolute atomic E-state index is 0. The normalized spacial score (nSPS) is 23.3. The van der Waals surface area contributed by atoms with Gasteiger partial charge in [0, 0.05) is 31.7 Å². The van der Waals surface area contributed by atoms with Gasteiger partial charge < -0.3 is 14.6 Å². The molecule has 5 nitrogen and oxygen atoms in total. The van der Waals surface area contributed by atoms with Gasteiger partial charge in [0.2, 0.25) is 5.89 Å².